The molecule has 0 unspecified atom stereocenters. The predicted molar refractivity (Wildman–Crippen MR) is 106 cm³/mol. The van der Waals surface area contributed by atoms with Gasteiger partial charge in [-0.3, -0.25) is 0 Å². The molecule has 1 N–H and O–H groups in total. The number of aliphatic hydroxyl groups excluding tert-OH is 1. The lowest BCUT2D eigenvalue weighted by molar-refractivity contribution is 0.0651. The molecule has 0 spiro atoms. The first-order chi connectivity index (χ1) is 12.8. The number of hydrogen-bond acceptors (Lipinski definition) is 1. The van der Waals surface area contributed by atoms with E-state index < -0.39 is 6.10 Å². The first-order valence-corrected chi connectivity index (χ1v) is 9.35. The lowest BCUT2D eigenvalue weighted by Crippen LogP contribution is -2.31. The van der Waals surface area contributed by atoms with Crippen molar-refractivity contribution in [1.82, 2.24) is 0 Å². The van der Waals surface area contributed by atoms with Gasteiger partial charge in [0.1, 0.15) is 0 Å². The lowest BCUT2D eigenvalue weighted by atomic mass is 9.70. The highest BCUT2D eigenvalue weighted by molar-refractivity contribution is 5.66. The number of benzene rings is 3. The Bertz CT molecular complexity index is 986. The number of fused-ring (bicyclic) bond motifs is 2. The van der Waals surface area contributed by atoms with Crippen molar-refractivity contribution < 1.29 is 5.11 Å². The summed E-state index contributed by atoms with van der Waals surface area (Å²) in [6.07, 6.45) is 4.57. The van der Waals surface area contributed by atoms with Crippen molar-refractivity contribution in [3.63, 3.8) is 0 Å². The van der Waals surface area contributed by atoms with Crippen LogP contribution in [-0.2, 0) is 19.3 Å². The maximum atomic E-state index is 11.5. The zero-order valence-corrected chi connectivity index (χ0v) is 14.7. The highest BCUT2D eigenvalue weighted by atomic mass is 16.3. The van der Waals surface area contributed by atoms with Crippen LogP contribution in [0.2, 0.25) is 0 Å². The van der Waals surface area contributed by atoms with Crippen LogP contribution >= 0.6 is 0 Å². The Hall–Kier alpha value is -2.64. The van der Waals surface area contributed by atoms with Gasteiger partial charge >= 0.3 is 0 Å². The monoisotopic (exact) mass is 338 g/mol. The average molecular weight is 338 g/mol. The second-order valence-electron chi connectivity index (χ2n) is 7.64. The Morgan fingerprint density at radius 1 is 0.808 bits per heavy atom. The van der Waals surface area contributed by atoms with Crippen LogP contribution in [0.4, 0.5) is 0 Å². The van der Waals surface area contributed by atoms with Crippen molar-refractivity contribution in [2.24, 2.45) is 5.41 Å². The van der Waals surface area contributed by atoms with E-state index in [4.69, 9.17) is 0 Å². The van der Waals surface area contributed by atoms with Crippen molar-refractivity contribution in [3.8, 4) is 0 Å². The molecule has 0 bridgehead atoms. The van der Waals surface area contributed by atoms with Crippen LogP contribution in [0.3, 0.4) is 0 Å². The summed E-state index contributed by atoms with van der Waals surface area (Å²) < 4.78 is 0. The Labute approximate surface area is 154 Å². The summed E-state index contributed by atoms with van der Waals surface area (Å²) in [6.45, 7) is 0. The van der Waals surface area contributed by atoms with Gasteiger partial charge in [-0.1, -0.05) is 90.5 Å². The third kappa shape index (κ3) is 2.35. The van der Waals surface area contributed by atoms with E-state index in [-0.39, 0.29) is 5.41 Å². The molecule has 0 aliphatic heterocycles. The van der Waals surface area contributed by atoms with E-state index in [9.17, 15) is 5.11 Å². The van der Waals surface area contributed by atoms with Crippen molar-refractivity contribution in [1.29, 1.82) is 0 Å². The summed E-state index contributed by atoms with van der Waals surface area (Å²) in [5, 5.41) is 11.5. The minimum atomic E-state index is -0.459. The smallest absolute Gasteiger partial charge is 0.0892 e. The molecule has 1 heteroatoms. The van der Waals surface area contributed by atoms with E-state index in [1.807, 2.05) is 6.07 Å². The molecular weight excluding hydrogens is 316 g/mol. The third-order valence-electron chi connectivity index (χ3n) is 6.15. The highest BCUT2D eigenvalue weighted by Crippen LogP contribution is 2.54. The molecule has 128 valence electrons. The standard InChI is InChI=1S/C25H22O/c26-24-23-13-7-6-12-21(23)17-25(24,16-18-8-2-1-3-9-18)22-14-19-10-4-5-11-20(19)15-22/h1-14,24,26H,15-17H2/t24-,25-/m1/s1. The minimum absolute atomic E-state index is 0.260. The maximum absolute atomic E-state index is 11.5. The zero-order chi connectivity index (χ0) is 17.6. The van der Waals surface area contributed by atoms with Gasteiger partial charge in [0.25, 0.3) is 0 Å². The molecule has 2 atom stereocenters. The van der Waals surface area contributed by atoms with Gasteiger partial charge in [0.2, 0.25) is 0 Å². The summed E-state index contributed by atoms with van der Waals surface area (Å²) in [5.74, 6) is 0. The molecule has 26 heavy (non-hydrogen) atoms. The van der Waals surface area contributed by atoms with Gasteiger partial charge in [-0.15, -0.1) is 0 Å². The fraction of sp³-hybridized carbons (Fsp3) is 0.200. The van der Waals surface area contributed by atoms with E-state index in [1.165, 1.54) is 27.8 Å². The molecule has 0 aromatic heterocycles. The molecular formula is C25H22O. The summed E-state index contributed by atoms with van der Waals surface area (Å²) in [7, 11) is 0. The van der Waals surface area contributed by atoms with Crippen LogP contribution in [0.5, 0.6) is 0 Å². The van der Waals surface area contributed by atoms with E-state index in [2.05, 4.69) is 78.9 Å². The summed E-state index contributed by atoms with van der Waals surface area (Å²) in [5.41, 5.74) is 7.45. The molecule has 0 fully saturated rings. The largest absolute Gasteiger partial charge is 0.387 e. The molecule has 2 aliphatic carbocycles. The first-order valence-electron chi connectivity index (χ1n) is 9.35. The molecule has 3 aromatic rings. The average Bonchev–Trinajstić information content (AvgIpc) is 3.23. The van der Waals surface area contributed by atoms with E-state index in [1.54, 1.807) is 0 Å². The first kappa shape index (κ1) is 15.6. The van der Waals surface area contributed by atoms with Gasteiger partial charge in [-0.2, -0.15) is 0 Å². The molecule has 0 saturated carbocycles. The minimum Gasteiger partial charge on any atom is -0.387 e. The Kier molecular flexibility index (Phi) is 3.58. The Balaban J connectivity index is 1.62. The van der Waals surface area contributed by atoms with Gasteiger partial charge < -0.3 is 5.11 Å². The van der Waals surface area contributed by atoms with E-state index in [0.29, 0.717) is 0 Å². The number of hydrogen-bond donors (Lipinski definition) is 1. The quantitative estimate of drug-likeness (QED) is 0.700. The summed E-state index contributed by atoms with van der Waals surface area (Å²) >= 11 is 0. The number of aliphatic hydroxyl groups is 1. The lowest BCUT2D eigenvalue weighted by Gasteiger charge is -2.35. The molecule has 3 aromatic carbocycles. The normalized spacial score (nSPS) is 23.4. The summed E-state index contributed by atoms with van der Waals surface area (Å²) in [6, 6.07) is 27.6. The van der Waals surface area contributed by atoms with Gasteiger partial charge in [0, 0.05) is 5.41 Å². The Morgan fingerprint density at radius 2 is 1.50 bits per heavy atom. The Morgan fingerprint density at radius 3 is 2.27 bits per heavy atom. The van der Waals surface area contributed by atoms with Crippen LogP contribution in [0.25, 0.3) is 6.08 Å². The van der Waals surface area contributed by atoms with Crippen molar-refractivity contribution >= 4 is 6.08 Å². The topological polar surface area (TPSA) is 20.2 Å². The van der Waals surface area contributed by atoms with Crippen molar-refractivity contribution in [3.05, 3.63) is 112 Å². The maximum Gasteiger partial charge on any atom is 0.0892 e. The SMILES string of the molecule is O[C@@H]1c2ccccc2C[C@]1(Cc1ccccc1)C1=Cc2ccccc2C1. The third-order valence-corrected chi connectivity index (χ3v) is 6.15. The highest BCUT2D eigenvalue weighted by Gasteiger charge is 2.48. The molecule has 2 aliphatic rings. The van der Waals surface area contributed by atoms with Gasteiger partial charge in [-0.25, -0.2) is 0 Å². The van der Waals surface area contributed by atoms with Crippen LogP contribution < -0.4 is 0 Å². The molecule has 5 rings (SSSR count). The second kappa shape index (κ2) is 5.96. The molecule has 0 saturated heterocycles. The van der Waals surface area contributed by atoms with E-state index >= 15 is 0 Å². The van der Waals surface area contributed by atoms with Crippen LogP contribution in [0, 0.1) is 5.41 Å². The summed E-state index contributed by atoms with van der Waals surface area (Å²) in [4.78, 5) is 0. The molecule has 0 amide bonds. The van der Waals surface area contributed by atoms with Gasteiger partial charge in [-0.05, 0) is 47.1 Å². The van der Waals surface area contributed by atoms with Gasteiger partial charge in [0.05, 0.1) is 6.10 Å². The van der Waals surface area contributed by atoms with Crippen molar-refractivity contribution in [2.75, 3.05) is 0 Å². The fourth-order valence-corrected chi connectivity index (χ4v) is 4.82. The van der Waals surface area contributed by atoms with Crippen LogP contribution in [0.1, 0.15) is 33.9 Å². The fourth-order valence-electron chi connectivity index (χ4n) is 4.82. The predicted octanol–water partition coefficient (Wildman–Crippen LogP) is 5.14. The van der Waals surface area contributed by atoms with Gasteiger partial charge in [0.15, 0.2) is 0 Å². The second-order valence-corrected chi connectivity index (χ2v) is 7.64. The van der Waals surface area contributed by atoms with Crippen LogP contribution in [0.15, 0.2) is 84.4 Å². The zero-order valence-electron chi connectivity index (χ0n) is 14.7. The number of rotatable bonds is 3. The molecule has 1 nitrogen and oxygen atoms in total. The van der Waals surface area contributed by atoms with E-state index in [0.717, 1.165) is 24.8 Å². The van der Waals surface area contributed by atoms with Crippen LogP contribution in [-0.4, -0.2) is 5.11 Å². The molecule has 0 radical (unpaired) electrons. The molecule has 0 heterocycles. The van der Waals surface area contributed by atoms with Crippen molar-refractivity contribution in [2.45, 2.75) is 25.4 Å².